The van der Waals surface area contributed by atoms with Crippen molar-refractivity contribution in [3.63, 3.8) is 0 Å². The van der Waals surface area contributed by atoms with Gasteiger partial charge < -0.3 is 10.2 Å². The summed E-state index contributed by atoms with van der Waals surface area (Å²) in [5.74, 6) is 2.41. The molecule has 1 aliphatic rings. The minimum atomic E-state index is 0.129. The van der Waals surface area contributed by atoms with Crippen LogP contribution in [-0.4, -0.2) is 24.0 Å². The highest BCUT2D eigenvalue weighted by molar-refractivity contribution is 5.03. The number of likely N-dealkylation sites (N-methyl/N-ethyl adjacent to an activating group) is 1. The van der Waals surface area contributed by atoms with Gasteiger partial charge in [0.25, 0.3) is 0 Å². The summed E-state index contributed by atoms with van der Waals surface area (Å²) >= 11 is 0. The van der Waals surface area contributed by atoms with Crippen molar-refractivity contribution in [3.05, 3.63) is 24.2 Å². The zero-order valence-corrected chi connectivity index (χ0v) is 11.9. The molecule has 0 amide bonds. The highest BCUT2D eigenvalue weighted by Crippen LogP contribution is 2.41. The van der Waals surface area contributed by atoms with Gasteiger partial charge in [-0.15, -0.1) is 0 Å². The van der Waals surface area contributed by atoms with Crippen molar-refractivity contribution in [1.29, 1.82) is 0 Å². The molecule has 3 unspecified atom stereocenters. The molecule has 1 heterocycles. The zero-order chi connectivity index (χ0) is 13.2. The highest BCUT2D eigenvalue weighted by Gasteiger charge is 2.43. The Morgan fingerprint density at radius 3 is 2.89 bits per heavy atom. The number of hydrogen-bond acceptors (Lipinski definition) is 3. The van der Waals surface area contributed by atoms with Gasteiger partial charge >= 0.3 is 0 Å². The molecular formula is C15H26N2O. The molecule has 1 aliphatic carbocycles. The number of hydrogen-bond donors (Lipinski definition) is 1. The number of nitrogens with two attached hydrogens (primary N) is 1. The highest BCUT2D eigenvalue weighted by atomic mass is 16.3. The van der Waals surface area contributed by atoms with Crippen LogP contribution >= 0.6 is 0 Å². The van der Waals surface area contributed by atoms with Crippen molar-refractivity contribution in [3.8, 4) is 0 Å². The maximum Gasteiger partial charge on any atom is 0.117 e. The SMILES string of the molecule is CC1CCCC(CN)(N(C)Cc2ccco2)C1C. The van der Waals surface area contributed by atoms with E-state index in [2.05, 4.69) is 25.8 Å². The molecule has 1 aromatic heterocycles. The molecule has 3 nitrogen and oxygen atoms in total. The van der Waals surface area contributed by atoms with Crippen LogP contribution in [0.4, 0.5) is 0 Å². The third kappa shape index (κ3) is 2.34. The molecule has 0 spiro atoms. The molecule has 102 valence electrons. The van der Waals surface area contributed by atoms with Gasteiger partial charge in [0.05, 0.1) is 12.8 Å². The molecule has 0 bridgehead atoms. The van der Waals surface area contributed by atoms with Gasteiger partial charge in [0.2, 0.25) is 0 Å². The second-order valence-electron chi connectivity index (χ2n) is 5.90. The molecule has 18 heavy (non-hydrogen) atoms. The van der Waals surface area contributed by atoms with Gasteiger partial charge in [0.1, 0.15) is 5.76 Å². The fourth-order valence-corrected chi connectivity index (χ4v) is 3.51. The second kappa shape index (κ2) is 5.45. The van der Waals surface area contributed by atoms with Crippen LogP contribution in [0, 0.1) is 11.8 Å². The fraction of sp³-hybridized carbons (Fsp3) is 0.733. The lowest BCUT2D eigenvalue weighted by molar-refractivity contribution is -0.00208. The molecule has 0 saturated heterocycles. The molecule has 3 atom stereocenters. The summed E-state index contributed by atoms with van der Waals surface area (Å²) in [6.07, 6.45) is 5.56. The number of furan rings is 1. The summed E-state index contributed by atoms with van der Waals surface area (Å²) in [6, 6.07) is 3.99. The maximum atomic E-state index is 6.15. The van der Waals surface area contributed by atoms with Crippen molar-refractivity contribution in [2.45, 2.75) is 45.2 Å². The zero-order valence-electron chi connectivity index (χ0n) is 11.9. The first-order valence-electron chi connectivity index (χ1n) is 7.04. The van der Waals surface area contributed by atoms with Gasteiger partial charge in [0, 0.05) is 12.1 Å². The van der Waals surface area contributed by atoms with Crippen LogP contribution in [0.15, 0.2) is 22.8 Å². The molecule has 1 saturated carbocycles. The normalized spacial score (nSPS) is 32.9. The van der Waals surface area contributed by atoms with E-state index in [-0.39, 0.29) is 5.54 Å². The van der Waals surface area contributed by atoms with Crippen molar-refractivity contribution < 1.29 is 4.42 Å². The minimum Gasteiger partial charge on any atom is -0.468 e. The van der Waals surface area contributed by atoms with Crippen molar-refractivity contribution in [2.24, 2.45) is 17.6 Å². The first-order valence-corrected chi connectivity index (χ1v) is 7.04. The topological polar surface area (TPSA) is 42.4 Å². The Bertz CT molecular complexity index is 363. The molecule has 2 N–H and O–H groups in total. The lowest BCUT2D eigenvalue weighted by atomic mass is 9.67. The Hall–Kier alpha value is -0.800. The average molecular weight is 250 g/mol. The minimum absolute atomic E-state index is 0.129. The molecular weight excluding hydrogens is 224 g/mol. The lowest BCUT2D eigenvalue weighted by Crippen LogP contribution is -2.59. The molecule has 3 heteroatoms. The van der Waals surface area contributed by atoms with Crippen LogP contribution < -0.4 is 5.73 Å². The Labute approximate surface area is 110 Å². The summed E-state index contributed by atoms with van der Waals surface area (Å²) in [5.41, 5.74) is 6.28. The van der Waals surface area contributed by atoms with Crippen LogP contribution in [0.5, 0.6) is 0 Å². The van der Waals surface area contributed by atoms with Crippen LogP contribution in [0.2, 0.25) is 0 Å². The van der Waals surface area contributed by atoms with Crippen LogP contribution in [-0.2, 0) is 6.54 Å². The molecule has 2 rings (SSSR count). The summed E-state index contributed by atoms with van der Waals surface area (Å²) in [7, 11) is 2.18. The predicted molar refractivity (Wildman–Crippen MR) is 74.1 cm³/mol. The molecule has 0 aliphatic heterocycles. The smallest absolute Gasteiger partial charge is 0.117 e. The first-order chi connectivity index (χ1) is 8.60. The molecule has 0 radical (unpaired) electrons. The Morgan fingerprint density at radius 2 is 2.28 bits per heavy atom. The van der Waals surface area contributed by atoms with E-state index in [9.17, 15) is 0 Å². The van der Waals surface area contributed by atoms with Crippen LogP contribution in [0.25, 0.3) is 0 Å². The van der Waals surface area contributed by atoms with Crippen molar-refractivity contribution in [2.75, 3.05) is 13.6 Å². The Kier molecular flexibility index (Phi) is 4.13. The Balaban J connectivity index is 2.15. The largest absolute Gasteiger partial charge is 0.468 e. The summed E-state index contributed by atoms with van der Waals surface area (Å²) < 4.78 is 5.46. The van der Waals surface area contributed by atoms with E-state index >= 15 is 0 Å². The summed E-state index contributed by atoms with van der Waals surface area (Å²) in [6.45, 7) is 6.29. The third-order valence-electron chi connectivity index (χ3n) is 5.06. The quantitative estimate of drug-likeness (QED) is 0.893. The van der Waals surface area contributed by atoms with Crippen LogP contribution in [0.1, 0.15) is 38.9 Å². The van der Waals surface area contributed by atoms with E-state index in [1.165, 1.54) is 19.3 Å². The van der Waals surface area contributed by atoms with E-state index in [0.717, 1.165) is 24.8 Å². The van der Waals surface area contributed by atoms with E-state index < -0.39 is 0 Å². The summed E-state index contributed by atoms with van der Waals surface area (Å²) in [4.78, 5) is 2.41. The first kappa shape index (κ1) is 13.6. The molecule has 1 aromatic rings. The van der Waals surface area contributed by atoms with Gasteiger partial charge in [0.15, 0.2) is 0 Å². The van der Waals surface area contributed by atoms with Gasteiger partial charge in [-0.25, -0.2) is 0 Å². The third-order valence-corrected chi connectivity index (χ3v) is 5.06. The van der Waals surface area contributed by atoms with Crippen molar-refractivity contribution >= 4 is 0 Å². The van der Waals surface area contributed by atoms with E-state index in [4.69, 9.17) is 10.2 Å². The predicted octanol–water partition coefficient (Wildman–Crippen LogP) is 2.87. The lowest BCUT2D eigenvalue weighted by Gasteiger charge is -2.50. The number of nitrogens with zero attached hydrogens (tertiary/aromatic N) is 1. The van der Waals surface area contributed by atoms with E-state index in [1.807, 2.05) is 12.1 Å². The van der Waals surface area contributed by atoms with E-state index in [0.29, 0.717) is 5.92 Å². The standard InChI is InChI=1S/C15H26N2O/c1-12-6-4-8-15(11-16,13(12)2)17(3)10-14-7-5-9-18-14/h5,7,9,12-13H,4,6,8,10-11,16H2,1-3H3. The molecule has 0 aromatic carbocycles. The van der Waals surface area contributed by atoms with E-state index in [1.54, 1.807) is 6.26 Å². The number of rotatable bonds is 4. The van der Waals surface area contributed by atoms with Gasteiger partial charge in [-0.05, 0) is 37.4 Å². The average Bonchev–Trinajstić information content (AvgIpc) is 2.85. The van der Waals surface area contributed by atoms with Gasteiger partial charge in [-0.1, -0.05) is 26.7 Å². The van der Waals surface area contributed by atoms with Crippen molar-refractivity contribution in [1.82, 2.24) is 4.90 Å². The maximum absolute atomic E-state index is 6.15. The summed E-state index contributed by atoms with van der Waals surface area (Å²) in [5, 5.41) is 0. The Morgan fingerprint density at radius 1 is 1.50 bits per heavy atom. The fourth-order valence-electron chi connectivity index (χ4n) is 3.51. The molecule has 1 fully saturated rings. The second-order valence-corrected chi connectivity index (χ2v) is 5.90. The monoisotopic (exact) mass is 250 g/mol. The van der Waals surface area contributed by atoms with Gasteiger partial charge in [-0.2, -0.15) is 0 Å². The van der Waals surface area contributed by atoms with Crippen LogP contribution in [0.3, 0.4) is 0 Å². The van der Waals surface area contributed by atoms with Gasteiger partial charge in [-0.3, -0.25) is 4.90 Å².